The number of carbonyl (C=O) groups excluding carboxylic acids is 2. The van der Waals surface area contributed by atoms with Crippen LogP contribution in [0.25, 0.3) is 0 Å². The number of fused-ring (bicyclic) bond motifs is 1. The Balaban J connectivity index is 1.54. The van der Waals surface area contributed by atoms with Crippen LogP contribution < -0.4 is 19.9 Å². The largest absolute Gasteiger partial charge is 0.486 e. The summed E-state index contributed by atoms with van der Waals surface area (Å²) in [6.45, 7) is 0.513. The van der Waals surface area contributed by atoms with Crippen LogP contribution in [0, 0.1) is 0 Å². The number of benzene rings is 2. The number of hydrogen-bond donors (Lipinski definition) is 1. The van der Waals surface area contributed by atoms with Crippen molar-refractivity contribution in [2.45, 2.75) is 6.10 Å². The van der Waals surface area contributed by atoms with Gasteiger partial charge >= 0.3 is 0 Å². The van der Waals surface area contributed by atoms with Crippen molar-refractivity contribution in [1.82, 2.24) is 4.90 Å². The molecule has 3 rings (SSSR count). The highest BCUT2D eigenvalue weighted by molar-refractivity contribution is 5.95. The first kappa shape index (κ1) is 17.6. The Hall–Kier alpha value is -3.22. The van der Waals surface area contributed by atoms with Crippen molar-refractivity contribution >= 4 is 11.8 Å². The smallest absolute Gasteiger partial charge is 0.260 e. The molecule has 1 heterocycles. The van der Waals surface area contributed by atoms with Crippen LogP contribution in [0.2, 0.25) is 0 Å². The Kier molecular flexibility index (Phi) is 5.26. The molecule has 2 amide bonds. The number of likely N-dealkylation sites (N-methyl/N-ethyl adjacent to an activating group) is 1. The van der Waals surface area contributed by atoms with E-state index >= 15 is 0 Å². The second-order valence-electron chi connectivity index (χ2n) is 5.92. The predicted octanol–water partition coefficient (Wildman–Crippen LogP) is 1.46. The standard InChI is InChI=1S/C19H20N2O5/c1-21(10-13-11-24-16-8-4-5-9-17(16)26-13)18(22)12-25-15-7-3-2-6-14(15)19(20)23/h2-9,13H,10-12H2,1H3,(H2,20,23). The van der Waals surface area contributed by atoms with Crippen molar-refractivity contribution in [2.75, 3.05) is 26.8 Å². The molecule has 0 aliphatic carbocycles. The summed E-state index contributed by atoms with van der Waals surface area (Å²) in [6.07, 6.45) is -0.267. The number of para-hydroxylation sites is 3. The van der Waals surface area contributed by atoms with Crippen LogP contribution in [0.15, 0.2) is 48.5 Å². The molecule has 7 nitrogen and oxygen atoms in total. The average Bonchev–Trinajstić information content (AvgIpc) is 2.66. The third-order valence-electron chi connectivity index (χ3n) is 3.97. The molecule has 0 fully saturated rings. The van der Waals surface area contributed by atoms with Gasteiger partial charge in [0.1, 0.15) is 12.4 Å². The minimum atomic E-state index is -0.604. The van der Waals surface area contributed by atoms with Crippen molar-refractivity contribution in [1.29, 1.82) is 0 Å². The zero-order chi connectivity index (χ0) is 18.5. The second kappa shape index (κ2) is 7.77. The molecule has 2 aromatic rings. The lowest BCUT2D eigenvalue weighted by molar-refractivity contribution is -0.133. The molecule has 0 saturated heterocycles. The highest BCUT2D eigenvalue weighted by Gasteiger charge is 2.24. The van der Waals surface area contributed by atoms with Crippen LogP contribution in [0.5, 0.6) is 17.2 Å². The van der Waals surface area contributed by atoms with E-state index in [2.05, 4.69) is 0 Å². The van der Waals surface area contributed by atoms with Gasteiger partial charge in [-0.1, -0.05) is 24.3 Å². The minimum Gasteiger partial charge on any atom is -0.486 e. The van der Waals surface area contributed by atoms with E-state index in [-0.39, 0.29) is 29.9 Å². The van der Waals surface area contributed by atoms with Gasteiger partial charge in [0.25, 0.3) is 11.8 Å². The zero-order valence-corrected chi connectivity index (χ0v) is 14.4. The maximum Gasteiger partial charge on any atom is 0.260 e. The van der Waals surface area contributed by atoms with E-state index in [0.717, 1.165) is 0 Å². The number of nitrogens with two attached hydrogens (primary N) is 1. The topological polar surface area (TPSA) is 91.1 Å². The summed E-state index contributed by atoms with van der Waals surface area (Å²) in [4.78, 5) is 25.2. The summed E-state index contributed by atoms with van der Waals surface area (Å²) in [5.41, 5.74) is 5.54. The maximum atomic E-state index is 12.3. The molecule has 1 unspecified atom stereocenters. The molecule has 0 aromatic heterocycles. The summed E-state index contributed by atoms with van der Waals surface area (Å²) in [7, 11) is 1.66. The van der Waals surface area contributed by atoms with E-state index in [1.807, 2.05) is 24.3 Å². The summed E-state index contributed by atoms with van der Waals surface area (Å²) in [6, 6.07) is 13.9. The highest BCUT2D eigenvalue weighted by atomic mass is 16.6. The molecule has 26 heavy (non-hydrogen) atoms. The molecular formula is C19H20N2O5. The normalized spacial score (nSPS) is 15.2. The van der Waals surface area contributed by atoms with Gasteiger partial charge in [0.2, 0.25) is 0 Å². The number of amides is 2. The maximum absolute atomic E-state index is 12.3. The molecule has 0 radical (unpaired) electrons. The lowest BCUT2D eigenvalue weighted by atomic mass is 10.2. The molecule has 0 bridgehead atoms. The van der Waals surface area contributed by atoms with Gasteiger partial charge in [0.15, 0.2) is 24.2 Å². The van der Waals surface area contributed by atoms with Crippen LogP contribution in [-0.2, 0) is 4.79 Å². The van der Waals surface area contributed by atoms with Gasteiger partial charge in [-0.2, -0.15) is 0 Å². The predicted molar refractivity (Wildman–Crippen MR) is 94.4 cm³/mol. The number of primary amides is 1. The summed E-state index contributed by atoms with van der Waals surface area (Å²) < 4.78 is 17.0. The van der Waals surface area contributed by atoms with Gasteiger partial charge in [0.05, 0.1) is 12.1 Å². The van der Waals surface area contributed by atoms with Crippen molar-refractivity contribution < 1.29 is 23.8 Å². The molecule has 136 valence electrons. The van der Waals surface area contributed by atoms with E-state index in [4.69, 9.17) is 19.9 Å². The lowest BCUT2D eigenvalue weighted by Crippen LogP contribution is -2.43. The van der Waals surface area contributed by atoms with Crippen molar-refractivity contribution in [3.63, 3.8) is 0 Å². The van der Waals surface area contributed by atoms with E-state index in [1.54, 1.807) is 31.3 Å². The van der Waals surface area contributed by atoms with E-state index < -0.39 is 5.91 Å². The van der Waals surface area contributed by atoms with Crippen molar-refractivity contribution in [2.24, 2.45) is 5.73 Å². The Morgan fingerprint density at radius 2 is 1.85 bits per heavy atom. The van der Waals surface area contributed by atoms with Gasteiger partial charge in [-0.3, -0.25) is 9.59 Å². The molecular weight excluding hydrogens is 336 g/mol. The minimum absolute atomic E-state index is 0.203. The zero-order valence-electron chi connectivity index (χ0n) is 14.4. The van der Waals surface area contributed by atoms with Gasteiger partial charge in [-0.25, -0.2) is 0 Å². The molecule has 2 aromatic carbocycles. The summed E-state index contributed by atoms with van der Waals surface area (Å²) in [5.74, 6) is 0.799. The first-order valence-electron chi connectivity index (χ1n) is 8.18. The van der Waals surface area contributed by atoms with Gasteiger partial charge < -0.3 is 24.8 Å². The third-order valence-corrected chi connectivity index (χ3v) is 3.97. The lowest BCUT2D eigenvalue weighted by Gasteiger charge is -2.29. The Labute approximate surface area is 151 Å². The molecule has 1 aliphatic rings. The summed E-state index contributed by atoms with van der Waals surface area (Å²) in [5, 5.41) is 0. The van der Waals surface area contributed by atoms with Crippen molar-refractivity contribution in [3.05, 3.63) is 54.1 Å². The quantitative estimate of drug-likeness (QED) is 0.846. The second-order valence-corrected chi connectivity index (χ2v) is 5.92. The molecule has 1 aliphatic heterocycles. The summed E-state index contributed by atoms with van der Waals surface area (Å²) >= 11 is 0. The number of carbonyl (C=O) groups is 2. The highest BCUT2D eigenvalue weighted by Crippen LogP contribution is 2.30. The van der Waals surface area contributed by atoms with Crippen LogP contribution in [0.3, 0.4) is 0 Å². The Bertz CT molecular complexity index is 808. The van der Waals surface area contributed by atoms with Crippen LogP contribution in [0.4, 0.5) is 0 Å². The first-order valence-corrected chi connectivity index (χ1v) is 8.18. The van der Waals surface area contributed by atoms with E-state index in [1.165, 1.54) is 4.90 Å². The van der Waals surface area contributed by atoms with Crippen molar-refractivity contribution in [3.8, 4) is 17.2 Å². The van der Waals surface area contributed by atoms with Gasteiger partial charge in [-0.15, -0.1) is 0 Å². The van der Waals surface area contributed by atoms with Gasteiger partial charge in [-0.05, 0) is 24.3 Å². The Morgan fingerprint density at radius 1 is 1.15 bits per heavy atom. The SMILES string of the molecule is CN(CC1COc2ccccc2O1)C(=O)COc1ccccc1C(N)=O. The first-order chi connectivity index (χ1) is 12.5. The average molecular weight is 356 g/mol. The molecule has 2 N–H and O–H groups in total. The van der Waals surface area contributed by atoms with Crippen LogP contribution in [-0.4, -0.2) is 49.6 Å². The van der Waals surface area contributed by atoms with Gasteiger partial charge in [0, 0.05) is 7.05 Å². The number of ether oxygens (including phenoxy) is 3. The third kappa shape index (κ3) is 4.05. The van der Waals surface area contributed by atoms with E-state index in [9.17, 15) is 9.59 Å². The fourth-order valence-electron chi connectivity index (χ4n) is 2.61. The fraction of sp³-hybridized carbons (Fsp3) is 0.263. The van der Waals surface area contributed by atoms with E-state index in [0.29, 0.717) is 24.7 Å². The van der Waals surface area contributed by atoms with Crippen LogP contribution >= 0.6 is 0 Å². The monoisotopic (exact) mass is 356 g/mol. The number of nitrogens with zero attached hydrogens (tertiary/aromatic N) is 1. The van der Waals surface area contributed by atoms with Crippen LogP contribution in [0.1, 0.15) is 10.4 Å². The number of hydrogen-bond acceptors (Lipinski definition) is 5. The molecule has 1 atom stereocenters. The molecule has 0 saturated carbocycles. The Morgan fingerprint density at radius 3 is 2.62 bits per heavy atom. The fourth-order valence-corrected chi connectivity index (χ4v) is 2.61. The number of rotatable bonds is 6. The molecule has 0 spiro atoms. The molecule has 7 heteroatoms.